The van der Waals surface area contributed by atoms with Gasteiger partial charge in [-0.3, -0.25) is 4.55 Å². The third kappa shape index (κ3) is 2.95. The lowest BCUT2D eigenvalue weighted by molar-refractivity contribution is -0.135. The van der Waals surface area contributed by atoms with Crippen molar-refractivity contribution in [1.29, 1.82) is 5.26 Å². The Balaban J connectivity index is 2.46. The molecule has 0 fully saturated rings. The maximum atomic E-state index is 11.5. The third-order valence-electron chi connectivity index (χ3n) is 3.41. The molecule has 22 heavy (non-hydrogen) atoms. The van der Waals surface area contributed by atoms with Crippen LogP contribution in [0.1, 0.15) is 12.5 Å². The number of hydrogen-bond donors (Lipinski definition) is 1. The van der Waals surface area contributed by atoms with E-state index >= 15 is 0 Å². The standard InChI is InChI=1S/C14H14N2O5S/c1-9-5-10-6-12(22(18,19)20)3-4-13(10)16(9)8-11(7-15)14(17)21-2/h3-4,6,8-9H,5H2,1-2H3,(H,18,19,20). The zero-order valence-electron chi connectivity index (χ0n) is 12.0. The smallest absolute Gasteiger partial charge is 0.350 e. The molecular weight excluding hydrogens is 308 g/mol. The van der Waals surface area contributed by atoms with Crippen LogP contribution < -0.4 is 4.90 Å². The first-order valence-corrected chi connectivity index (χ1v) is 7.81. The molecule has 0 aliphatic carbocycles. The number of methoxy groups -OCH3 is 1. The zero-order valence-corrected chi connectivity index (χ0v) is 12.8. The Morgan fingerprint density at radius 2 is 2.23 bits per heavy atom. The predicted molar refractivity (Wildman–Crippen MR) is 77.6 cm³/mol. The quantitative estimate of drug-likeness (QED) is 0.386. The largest absolute Gasteiger partial charge is 0.465 e. The highest BCUT2D eigenvalue weighted by atomic mass is 32.2. The van der Waals surface area contributed by atoms with Crippen LogP contribution >= 0.6 is 0 Å². The lowest BCUT2D eigenvalue weighted by atomic mass is 10.1. The van der Waals surface area contributed by atoms with Gasteiger partial charge in [-0.15, -0.1) is 0 Å². The predicted octanol–water partition coefficient (Wildman–Crippen LogP) is 1.26. The van der Waals surface area contributed by atoms with Gasteiger partial charge in [0, 0.05) is 17.9 Å². The van der Waals surface area contributed by atoms with Gasteiger partial charge in [-0.2, -0.15) is 13.7 Å². The van der Waals surface area contributed by atoms with Gasteiger partial charge in [0.25, 0.3) is 10.1 Å². The minimum atomic E-state index is -4.26. The normalized spacial score (nSPS) is 17.8. The number of benzene rings is 1. The van der Waals surface area contributed by atoms with E-state index in [0.717, 1.165) is 0 Å². The number of fused-ring (bicyclic) bond motifs is 1. The number of ether oxygens (including phenoxy) is 1. The Morgan fingerprint density at radius 1 is 1.55 bits per heavy atom. The fourth-order valence-corrected chi connectivity index (χ4v) is 2.90. The van der Waals surface area contributed by atoms with Gasteiger partial charge in [0.05, 0.1) is 12.0 Å². The highest BCUT2D eigenvalue weighted by molar-refractivity contribution is 7.85. The Labute approximate surface area is 128 Å². The van der Waals surface area contributed by atoms with Crippen molar-refractivity contribution < 1.29 is 22.5 Å². The molecule has 1 unspecified atom stereocenters. The van der Waals surface area contributed by atoms with Gasteiger partial charge < -0.3 is 9.64 Å². The van der Waals surface area contributed by atoms with Crippen molar-refractivity contribution in [3.05, 3.63) is 35.5 Å². The van der Waals surface area contributed by atoms with E-state index in [1.807, 2.05) is 6.92 Å². The summed E-state index contributed by atoms with van der Waals surface area (Å²) in [6.07, 6.45) is 1.91. The number of carbonyl (C=O) groups excluding carboxylic acids is 1. The number of nitriles is 1. The molecule has 0 spiro atoms. The number of rotatable bonds is 3. The molecule has 0 amide bonds. The Kier molecular flexibility index (Phi) is 4.21. The number of nitrogens with zero attached hydrogens (tertiary/aromatic N) is 2. The molecule has 1 N–H and O–H groups in total. The SMILES string of the molecule is COC(=O)C(C#N)=CN1c2ccc(S(=O)(=O)O)cc2CC1C. The lowest BCUT2D eigenvalue weighted by Gasteiger charge is -2.20. The molecule has 7 nitrogen and oxygen atoms in total. The molecule has 8 heteroatoms. The molecule has 1 aromatic carbocycles. The Bertz CT molecular complexity index is 792. The van der Waals surface area contributed by atoms with E-state index in [1.54, 1.807) is 11.0 Å². The van der Waals surface area contributed by atoms with Crippen LogP contribution in [0, 0.1) is 11.3 Å². The number of esters is 1. The third-order valence-corrected chi connectivity index (χ3v) is 4.26. The van der Waals surface area contributed by atoms with E-state index in [0.29, 0.717) is 17.7 Å². The average Bonchev–Trinajstić information content (AvgIpc) is 2.77. The summed E-state index contributed by atoms with van der Waals surface area (Å²) < 4.78 is 36.0. The van der Waals surface area contributed by atoms with Crippen LogP contribution in [0.4, 0.5) is 5.69 Å². The number of anilines is 1. The monoisotopic (exact) mass is 322 g/mol. The maximum absolute atomic E-state index is 11.5. The summed E-state index contributed by atoms with van der Waals surface area (Å²) in [7, 11) is -3.08. The minimum Gasteiger partial charge on any atom is -0.465 e. The highest BCUT2D eigenvalue weighted by Gasteiger charge is 2.27. The molecule has 1 aliphatic heterocycles. The van der Waals surface area contributed by atoms with E-state index in [1.165, 1.54) is 31.5 Å². The summed E-state index contributed by atoms with van der Waals surface area (Å²) in [5.41, 5.74) is 1.23. The summed E-state index contributed by atoms with van der Waals surface area (Å²) in [4.78, 5) is 13.0. The van der Waals surface area contributed by atoms with E-state index < -0.39 is 16.1 Å². The van der Waals surface area contributed by atoms with Crippen LogP contribution in [-0.4, -0.2) is 32.1 Å². The molecule has 1 aromatic rings. The number of hydrogen-bond acceptors (Lipinski definition) is 6. The van der Waals surface area contributed by atoms with Crippen LogP contribution in [0.3, 0.4) is 0 Å². The van der Waals surface area contributed by atoms with Crippen molar-refractivity contribution >= 4 is 21.8 Å². The second-order valence-electron chi connectivity index (χ2n) is 4.87. The van der Waals surface area contributed by atoms with Crippen molar-refractivity contribution in [2.75, 3.05) is 12.0 Å². The molecule has 1 aliphatic rings. The first-order chi connectivity index (χ1) is 10.3. The molecule has 0 bridgehead atoms. The molecule has 2 rings (SSSR count). The van der Waals surface area contributed by atoms with Crippen molar-refractivity contribution in [2.24, 2.45) is 0 Å². The highest BCUT2D eigenvalue weighted by Crippen LogP contribution is 2.34. The van der Waals surface area contributed by atoms with Gasteiger partial charge in [-0.1, -0.05) is 0 Å². The van der Waals surface area contributed by atoms with Crippen molar-refractivity contribution in [3.8, 4) is 6.07 Å². The topological polar surface area (TPSA) is 108 Å². The molecule has 1 heterocycles. The van der Waals surface area contributed by atoms with Crippen LogP contribution in [0.15, 0.2) is 34.9 Å². The molecule has 0 aromatic heterocycles. The lowest BCUT2D eigenvalue weighted by Crippen LogP contribution is -2.24. The van der Waals surface area contributed by atoms with Crippen LogP contribution in [0.25, 0.3) is 0 Å². The second kappa shape index (κ2) is 5.79. The van der Waals surface area contributed by atoms with Gasteiger partial charge >= 0.3 is 5.97 Å². The summed E-state index contributed by atoms with van der Waals surface area (Å²) in [5, 5.41) is 9.01. The van der Waals surface area contributed by atoms with Crippen molar-refractivity contribution in [1.82, 2.24) is 0 Å². The molecule has 0 saturated heterocycles. The summed E-state index contributed by atoms with van der Waals surface area (Å²) >= 11 is 0. The molecule has 1 atom stereocenters. The zero-order chi connectivity index (χ0) is 16.5. The van der Waals surface area contributed by atoms with Gasteiger partial charge in [0.15, 0.2) is 5.57 Å². The first-order valence-electron chi connectivity index (χ1n) is 6.37. The van der Waals surface area contributed by atoms with Gasteiger partial charge in [-0.05, 0) is 37.1 Å². The van der Waals surface area contributed by atoms with E-state index in [4.69, 9.17) is 9.81 Å². The fourth-order valence-electron chi connectivity index (χ4n) is 2.36. The molecule has 0 radical (unpaired) electrons. The van der Waals surface area contributed by atoms with Gasteiger partial charge in [0.1, 0.15) is 6.07 Å². The molecular formula is C14H14N2O5S. The Hall–Kier alpha value is -2.37. The van der Waals surface area contributed by atoms with Crippen LogP contribution in [0.2, 0.25) is 0 Å². The van der Waals surface area contributed by atoms with Gasteiger partial charge in [-0.25, -0.2) is 4.79 Å². The van der Waals surface area contributed by atoms with Crippen molar-refractivity contribution in [2.45, 2.75) is 24.3 Å². The Morgan fingerprint density at radius 3 is 2.77 bits per heavy atom. The van der Waals surface area contributed by atoms with E-state index in [-0.39, 0.29) is 16.5 Å². The molecule has 116 valence electrons. The van der Waals surface area contributed by atoms with E-state index in [9.17, 15) is 13.2 Å². The van der Waals surface area contributed by atoms with Crippen LogP contribution in [-0.2, 0) is 26.1 Å². The second-order valence-corrected chi connectivity index (χ2v) is 6.29. The maximum Gasteiger partial charge on any atom is 0.350 e. The number of carbonyl (C=O) groups is 1. The average molecular weight is 322 g/mol. The summed E-state index contributed by atoms with van der Waals surface area (Å²) in [5.74, 6) is -0.738. The van der Waals surface area contributed by atoms with Crippen molar-refractivity contribution in [3.63, 3.8) is 0 Å². The fraction of sp³-hybridized carbons (Fsp3) is 0.286. The van der Waals surface area contributed by atoms with E-state index in [2.05, 4.69) is 4.74 Å². The molecule has 0 saturated carbocycles. The summed E-state index contributed by atoms with van der Waals surface area (Å²) in [6.45, 7) is 1.87. The summed E-state index contributed by atoms with van der Waals surface area (Å²) in [6, 6.07) is 5.90. The van der Waals surface area contributed by atoms with Gasteiger partial charge in [0.2, 0.25) is 0 Å². The van der Waals surface area contributed by atoms with Crippen LogP contribution in [0.5, 0.6) is 0 Å². The first kappa shape index (κ1) is 16.0. The minimum absolute atomic E-state index is 0.0698.